The molecule has 0 aromatic heterocycles. The van der Waals surface area contributed by atoms with Crippen molar-refractivity contribution in [3.63, 3.8) is 0 Å². The molecule has 6 heteroatoms. The van der Waals surface area contributed by atoms with Gasteiger partial charge in [0.05, 0.1) is 0 Å². The summed E-state index contributed by atoms with van der Waals surface area (Å²) >= 11 is 0. The summed E-state index contributed by atoms with van der Waals surface area (Å²) in [5.41, 5.74) is 1.78. The Morgan fingerprint density at radius 1 is 0.963 bits per heavy atom. The molecule has 0 saturated heterocycles. The molecule has 144 valence electrons. The molecule has 27 heavy (non-hydrogen) atoms. The van der Waals surface area contributed by atoms with Gasteiger partial charge in [0.25, 0.3) is 5.91 Å². The molecule has 0 heterocycles. The third-order valence-corrected chi connectivity index (χ3v) is 3.77. The molecule has 2 rings (SSSR count). The van der Waals surface area contributed by atoms with Crippen LogP contribution in [-0.4, -0.2) is 30.6 Å². The fraction of sp³-hybridized carbons (Fsp3) is 0.333. The lowest BCUT2D eigenvalue weighted by atomic mass is 10.1. The average Bonchev–Trinajstić information content (AvgIpc) is 2.63. The second kappa shape index (κ2) is 10.2. The van der Waals surface area contributed by atoms with Gasteiger partial charge in [-0.1, -0.05) is 30.3 Å². The number of hydrogen-bond donors (Lipinski definition) is 3. The number of urea groups is 1. The molecule has 1 unspecified atom stereocenters. The van der Waals surface area contributed by atoms with E-state index in [-0.39, 0.29) is 18.0 Å². The van der Waals surface area contributed by atoms with Crippen LogP contribution in [0.15, 0.2) is 54.6 Å². The Kier molecular flexibility index (Phi) is 7.67. The van der Waals surface area contributed by atoms with E-state index < -0.39 is 6.10 Å². The second-order valence-electron chi connectivity index (χ2n) is 6.56. The molecule has 0 fully saturated rings. The van der Waals surface area contributed by atoms with E-state index in [2.05, 4.69) is 16.0 Å². The van der Waals surface area contributed by atoms with Gasteiger partial charge in [0, 0.05) is 18.3 Å². The molecule has 0 spiro atoms. The van der Waals surface area contributed by atoms with Crippen LogP contribution in [0.5, 0.6) is 5.75 Å². The van der Waals surface area contributed by atoms with Crippen molar-refractivity contribution >= 4 is 17.6 Å². The molecule has 3 N–H and O–H groups in total. The molecule has 0 aliphatic rings. The van der Waals surface area contributed by atoms with Crippen molar-refractivity contribution in [3.05, 3.63) is 60.2 Å². The normalized spacial score (nSPS) is 11.6. The minimum atomic E-state index is -0.601. The number of ether oxygens (including phenoxy) is 1. The Balaban J connectivity index is 1.77. The van der Waals surface area contributed by atoms with E-state index in [4.69, 9.17) is 4.74 Å². The zero-order chi connectivity index (χ0) is 19.6. The molecule has 0 aliphatic carbocycles. The highest BCUT2D eigenvalue weighted by Crippen LogP contribution is 2.14. The third-order valence-electron chi connectivity index (χ3n) is 3.77. The summed E-state index contributed by atoms with van der Waals surface area (Å²) in [6, 6.07) is 16.7. The van der Waals surface area contributed by atoms with E-state index in [9.17, 15) is 9.59 Å². The van der Waals surface area contributed by atoms with Crippen LogP contribution >= 0.6 is 0 Å². The monoisotopic (exact) mass is 369 g/mol. The summed E-state index contributed by atoms with van der Waals surface area (Å²) in [5, 5.41) is 8.43. The predicted octanol–water partition coefficient (Wildman–Crippen LogP) is 3.34. The zero-order valence-electron chi connectivity index (χ0n) is 16.0. The van der Waals surface area contributed by atoms with Crippen molar-refractivity contribution in [1.29, 1.82) is 0 Å². The fourth-order valence-electron chi connectivity index (χ4n) is 2.39. The Hall–Kier alpha value is -3.02. The van der Waals surface area contributed by atoms with Gasteiger partial charge in [0.1, 0.15) is 5.75 Å². The molecule has 0 radical (unpaired) electrons. The number of para-hydroxylation sites is 1. The lowest BCUT2D eigenvalue weighted by molar-refractivity contribution is -0.122. The van der Waals surface area contributed by atoms with Crippen LogP contribution < -0.4 is 20.7 Å². The molecule has 0 bridgehead atoms. The highest BCUT2D eigenvalue weighted by atomic mass is 16.5. The third kappa shape index (κ3) is 7.40. The smallest absolute Gasteiger partial charge is 0.314 e. The van der Waals surface area contributed by atoms with E-state index in [0.717, 1.165) is 5.56 Å². The quantitative estimate of drug-likeness (QED) is 0.668. The maximum Gasteiger partial charge on any atom is 0.314 e. The van der Waals surface area contributed by atoms with Gasteiger partial charge in [-0.25, -0.2) is 4.79 Å². The Morgan fingerprint density at radius 3 is 2.26 bits per heavy atom. The van der Waals surface area contributed by atoms with Crippen LogP contribution in [0, 0.1) is 0 Å². The van der Waals surface area contributed by atoms with Gasteiger partial charge in [-0.05, 0) is 57.0 Å². The molecule has 6 nitrogen and oxygen atoms in total. The lowest BCUT2D eigenvalue weighted by Crippen LogP contribution is -2.40. The Bertz CT molecular complexity index is 730. The number of carbonyl (C=O) groups excluding carboxylic acids is 2. The highest BCUT2D eigenvalue weighted by Gasteiger charge is 2.14. The van der Waals surface area contributed by atoms with Crippen LogP contribution in [-0.2, 0) is 11.2 Å². The topological polar surface area (TPSA) is 79.5 Å². The summed E-state index contributed by atoms with van der Waals surface area (Å²) in [4.78, 5) is 23.8. The number of anilines is 1. The van der Waals surface area contributed by atoms with Crippen LogP contribution in [0.25, 0.3) is 0 Å². The molecule has 2 aromatic carbocycles. The van der Waals surface area contributed by atoms with Crippen LogP contribution in [0.3, 0.4) is 0 Å². The van der Waals surface area contributed by atoms with Crippen LogP contribution in [0.4, 0.5) is 10.5 Å². The lowest BCUT2D eigenvalue weighted by Gasteiger charge is -2.15. The summed E-state index contributed by atoms with van der Waals surface area (Å²) < 4.78 is 5.62. The molecule has 1 atom stereocenters. The van der Waals surface area contributed by atoms with Crippen LogP contribution in [0.2, 0.25) is 0 Å². The molecule has 2 aromatic rings. The van der Waals surface area contributed by atoms with Crippen molar-refractivity contribution in [2.75, 3.05) is 11.9 Å². The first-order valence-corrected chi connectivity index (χ1v) is 9.10. The number of benzene rings is 2. The van der Waals surface area contributed by atoms with Gasteiger partial charge in [-0.15, -0.1) is 0 Å². The van der Waals surface area contributed by atoms with Gasteiger partial charge in [-0.2, -0.15) is 0 Å². The van der Waals surface area contributed by atoms with E-state index >= 15 is 0 Å². The minimum absolute atomic E-state index is 0.112. The van der Waals surface area contributed by atoms with E-state index in [1.54, 1.807) is 6.92 Å². The Morgan fingerprint density at radius 2 is 1.63 bits per heavy atom. The number of hydrogen-bond acceptors (Lipinski definition) is 3. The summed E-state index contributed by atoms with van der Waals surface area (Å²) in [6.45, 7) is 6.09. The minimum Gasteiger partial charge on any atom is -0.481 e. The van der Waals surface area contributed by atoms with Gasteiger partial charge in [0.15, 0.2) is 6.10 Å². The summed E-state index contributed by atoms with van der Waals surface area (Å²) in [7, 11) is 0. The molecule has 3 amide bonds. The molecular weight excluding hydrogens is 342 g/mol. The van der Waals surface area contributed by atoms with Crippen molar-refractivity contribution in [2.45, 2.75) is 39.3 Å². The number of carbonyl (C=O) groups is 2. The number of rotatable bonds is 8. The molecule has 0 saturated carbocycles. The SMILES string of the molecule is CC(C)NC(=O)NCCc1ccc(NC(=O)C(C)Oc2ccccc2)cc1. The molecule has 0 aliphatic heterocycles. The highest BCUT2D eigenvalue weighted by molar-refractivity contribution is 5.94. The largest absolute Gasteiger partial charge is 0.481 e. The zero-order valence-corrected chi connectivity index (χ0v) is 16.0. The standard InChI is InChI=1S/C21H27N3O3/c1-15(2)23-21(26)22-14-13-17-9-11-18(12-10-17)24-20(25)16(3)27-19-7-5-4-6-8-19/h4-12,15-16H,13-14H2,1-3H3,(H,24,25)(H2,22,23,26). The van der Waals surface area contributed by atoms with Crippen LogP contribution in [0.1, 0.15) is 26.3 Å². The molecular formula is C21H27N3O3. The van der Waals surface area contributed by atoms with Crippen molar-refractivity contribution in [2.24, 2.45) is 0 Å². The first-order chi connectivity index (χ1) is 12.9. The first kappa shape index (κ1) is 20.3. The Labute approximate surface area is 160 Å². The van der Waals surface area contributed by atoms with Crippen molar-refractivity contribution in [1.82, 2.24) is 10.6 Å². The average molecular weight is 369 g/mol. The van der Waals surface area contributed by atoms with Gasteiger partial charge in [0.2, 0.25) is 0 Å². The predicted molar refractivity (Wildman–Crippen MR) is 107 cm³/mol. The fourth-order valence-corrected chi connectivity index (χ4v) is 2.39. The number of nitrogens with one attached hydrogen (secondary N) is 3. The van der Waals surface area contributed by atoms with Gasteiger partial charge < -0.3 is 20.7 Å². The maximum absolute atomic E-state index is 12.2. The van der Waals surface area contributed by atoms with Gasteiger partial charge >= 0.3 is 6.03 Å². The van der Waals surface area contributed by atoms with Gasteiger partial charge in [-0.3, -0.25) is 4.79 Å². The van der Waals surface area contributed by atoms with E-state index in [0.29, 0.717) is 24.4 Å². The maximum atomic E-state index is 12.2. The van der Waals surface area contributed by atoms with Crippen molar-refractivity contribution in [3.8, 4) is 5.75 Å². The number of amides is 3. The summed E-state index contributed by atoms with van der Waals surface area (Å²) in [5.74, 6) is 0.447. The first-order valence-electron chi connectivity index (χ1n) is 9.10. The van der Waals surface area contributed by atoms with E-state index in [1.807, 2.05) is 68.4 Å². The van der Waals surface area contributed by atoms with E-state index in [1.165, 1.54) is 0 Å². The summed E-state index contributed by atoms with van der Waals surface area (Å²) in [6.07, 6.45) is 0.114. The second-order valence-corrected chi connectivity index (χ2v) is 6.56. The van der Waals surface area contributed by atoms with Crippen molar-refractivity contribution < 1.29 is 14.3 Å².